The van der Waals surface area contributed by atoms with Gasteiger partial charge in [0, 0.05) is 17.8 Å². The number of aromatic amines is 1. The fourth-order valence-electron chi connectivity index (χ4n) is 1.96. The third-order valence-electron chi connectivity index (χ3n) is 2.58. The Balaban J connectivity index is 2.54. The van der Waals surface area contributed by atoms with Gasteiger partial charge in [0.25, 0.3) is 5.56 Å². The number of aryl methyl sites for hydroxylation is 1. The van der Waals surface area contributed by atoms with E-state index in [0.717, 1.165) is 24.9 Å². The number of nitrogens with zero attached hydrogens (tertiary/aromatic N) is 1. The molecule has 0 amide bonds. The molecule has 0 atom stereocenters. The van der Waals surface area contributed by atoms with Crippen LogP contribution in [0.3, 0.4) is 0 Å². The number of rotatable bonds is 1. The maximum Gasteiger partial charge on any atom is 0.267 e. The van der Waals surface area contributed by atoms with Gasteiger partial charge in [0.05, 0.1) is 0 Å². The van der Waals surface area contributed by atoms with Gasteiger partial charge in [-0.3, -0.25) is 14.6 Å². The standard InChI is InChI=1S/C9H14N2O/c1-2-7-8-5-3-4-6-11(8)10-9(7)12/h2-6H2,1H3,(H,10,12). The summed E-state index contributed by atoms with van der Waals surface area (Å²) in [4.78, 5) is 11.4. The minimum absolute atomic E-state index is 0.120. The molecule has 0 aliphatic carbocycles. The highest BCUT2D eigenvalue weighted by atomic mass is 16.1. The van der Waals surface area contributed by atoms with Crippen molar-refractivity contribution in [3.8, 4) is 0 Å². The minimum Gasteiger partial charge on any atom is -0.289 e. The van der Waals surface area contributed by atoms with Gasteiger partial charge in [-0.05, 0) is 25.7 Å². The molecule has 1 aromatic heterocycles. The zero-order valence-corrected chi connectivity index (χ0v) is 7.39. The fraction of sp³-hybridized carbons (Fsp3) is 0.667. The van der Waals surface area contributed by atoms with Crippen molar-refractivity contribution in [1.29, 1.82) is 0 Å². The van der Waals surface area contributed by atoms with Crippen molar-refractivity contribution in [3.05, 3.63) is 21.6 Å². The Morgan fingerprint density at radius 3 is 3.08 bits per heavy atom. The second kappa shape index (κ2) is 2.81. The van der Waals surface area contributed by atoms with Gasteiger partial charge in [0.1, 0.15) is 0 Å². The first kappa shape index (κ1) is 7.65. The topological polar surface area (TPSA) is 37.8 Å². The molecule has 3 nitrogen and oxygen atoms in total. The predicted molar refractivity (Wildman–Crippen MR) is 47.4 cm³/mol. The van der Waals surface area contributed by atoms with Gasteiger partial charge in [-0.1, -0.05) is 6.92 Å². The average molecular weight is 166 g/mol. The highest BCUT2D eigenvalue weighted by Crippen LogP contribution is 2.15. The van der Waals surface area contributed by atoms with Crippen molar-refractivity contribution in [1.82, 2.24) is 9.78 Å². The quantitative estimate of drug-likeness (QED) is 0.666. The molecule has 0 aromatic carbocycles. The molecule has 66 valence electrons. The van der Waals surface area contributed by atoms with Crippen molar-refractivity contribution < 1.29 is 0 Å². The van der Waals surface area contributed by atoms with Gasteiger partial charge >= 0.3 is 0 Å². The Morgan fingerprint density at radius 2 is 2.33 bits per heavy atom. The Labute approximate surface area is 71.4 Å². The van der Waals surface area contributed by atoms with Gasteiger partial charge < -0.3 is 0 Å². The summed E-state index contributed by atoms with van der Waals surface area (Å²) in [6.07, 6.45) is 4.35. The number of fused-ring (bicyclic) bond motifs is 1. The monoisotopic (exact) mass is 166 g/mol. The van der Waals surface area contributed by atoms with Crippen LogP contribution in [-0.2, 0) is 19.4 Å². The molecular formula is C9H14N2O. The summed E-state index contributed by atoms with van der Waals surface area (Å²) in [7, 11) is 0. The molecule has 1 aliphatic heterocycles. The molecule has 0 spiro atoms. The SMILES string of the molecule is CCc1c2n([nH]c1=O)CCCC2. The first-order chi connectivity index (χ1) is 5.83. The van der Waals surface area contributed by atoms with E-state index in [9.17, 15) is 4.79 Å². The van der Waals surface area contributed by atoms with Crippen LogP contribution >= 0.6 is 0 Å². The Hall–Kier alpha value is -0.990. The van der Waals surface area contributed by atoms with Gasteiger partial charge in [-0.15, -0.1) is 0 Å². The summed E-state index contributed by atoms with van der Waals surface area (Å²) >= 11 is 0. The number of hydrogen-bond acceptors (Lipinski definition) is 1. The van der Waals surface area contributed by atoms with E-state index in [1.165, 1.54) is 18.5 Å². The Kier molecular flexibility index (Phi) is 1.79. The van der Waals surface area contributed by atoms with E-state index in [-0.39, 0.29) is 5.56 Å². The summed E-state index contributed by atoms with van der Waals surface area (Å²) in [5, 5.41) is 2.88. The van der Waals surface area contributed by atoms with E-state index in [1.807, 2.05) is 11.6 Å². The maximum absolute atomic E-state index is 11.4. The van der Waals surface area contributed by atoms with Gasteiger partial charge in [0.2, 0.25) is 0 Å². The van der Waals surface area contributed by atoms with E-state index in [2.05, 4.69) is 5.10 Å². The molecule has 0 radical (unpaired) electrons. The summed E-state index contributed by atoms with van der Waals surface area (Å²) in [6.45, 7) is 3.03. The van der Waals surface area contributed by atoms with Crippen molar-refractivity contribution in [2.24, 2.45) is 0 Å². The van der Waals surface area contributed by atoms with Crippen molar-refractivity contribution in [2.45, 2.75) is 39.2 Å². The predicted octanol–water partition coefficient (Wildman–Crippen LogP) is 1.08. The largest absolute Gasteiger partial charge is 0.289 e. The molecule has 0 bridgehead atoms. The van der Waals surface area contributed by atoms with E-state index in [4.69, 9.17) is 0 Å². The lowest BCUT2D eigenvalue weighted by atomic mass is 10.1. The van der Waals surface area contributed by atoms with Crippen molar-refractivity contribution in [3.63, 3.8) is 0 Å². The number of aromatic nitrogens is 2. The Bertz CT molecular complexity index is 335. The summed E-state index contributed by atoms with van der Waals surface area (Å²) in [5.41, 5.74) is 2.36. The fourth-order valence-corrected chi connectivity index (χ4v) is 1.96. The van der Waals surface area contributed by atoms with Gasteiger partial charge in [-0.25, -0.2) is 0 Å². The molecule has 2 rings (SSSR count). The molecule has 2 heterocycles. The molecule has 0 saturated heterocycles. The maximum atomic E-state index is 11.4. The number of nitrogens with one attached hydrogen (secondary N) is 1. The van der Waals surface area contributed by atoms with Crippen LogP contribution in [0.1, 0.15) is 31.0 Å². The molecular weight excluding hydrogens is 152 g/mol. The van der Waals surface area contributed by atoms with E-state index in [0.29, 0.717) is 0 Å². The normalized spacial score (nSPS) is 16.1. The second-order valence-corrected chi connectivity index (χ2v) is 3.33. The lowest BCUT2D eigenvalue weighted by molar-refractivity contribution is 0.482. The molecule has 12 heavy (non-hydrogen) atoms. The lowest BCUT2D eigenvalue weighted by Gasteiger charge is -2.14. The molecule has 1 aromatic rings. The van der Waals surface area contributed by atoms with Crippen LogP contribution in [0.15, 0.2) is 4.79 Å². The number of H-pyrrole nitrogens is 1. The van der Waals surface area contributed by atoms with Crippen LogP contribution in [0.5, 0.6) is 0 Å². The van der Waals surface area contributed by atoms with Crippen molar-refractivity contribution in [2.75, 3.05) is 0 Å². The van der Waals surface area contributed by atoms with Crippen LogP contribution in [0, 0.1) is 0 Å². The number of hydrogen-bond donors (Lipinski definition) is 1. The van der Waals surface area contributed by atoms with E-state index < -0.39 is 0 Å². The first-order valence-electron chi connectivity index (χ1n) is 4.63. The lowest BCUT2D eigenvalue weighted by Crippen LogP contribution is -2.12. The van der Waals surface area contributed by atoms with Crippen molar-refractivity contribution >= 4 is 0 Å². The van der Waals surface area contributed by atoms with Crippen LogP contribution in [0.25, 0.3) is 0 Å². The molecule has 0 unspecified atom stereocenters. The van der Waals surface area contributed by atoms with Crippen LogP contribution < -0.4 is 5.56 Å². The van der Waals surface area contributed by atoms with Crippen LogP contribution in [0.2, 0.25) is 0 Å². The summed E-state index contributed by atoms with van der Waals surface area (Å²) in [6, 6.07) is 0. The second-order valence-electron chi connectivity index (χ2n) is 3.33. The Morgan fingerprint density at radius 1 is 1.50 bits per heavy atom. The smallest absolute Gasteiger partial charge is 0.267 e. The third-order valence-corrected chi connectivity index (χ3v) is 2.58. The highest BCUT2D eigenvalue weighted by Gasteiger charge is 2.15. The zero-order chi connectivity index (χ0) is 8.55. The molecule has 0 saturated carbocycles. The van der Waals surface area contributed by atoms with Gasteiger partial charge in [-0.2, -0.15) is 0 Å². The van der Waals surface area contributed by atoms with E-state index in [1.54, 1.807) is 0 Å². The van der Waals surface area contributed by atoms with Gasteiger partial charge in [0.15, 0.2) is 0 Å². The summed E-state index contributed by atoms with van der Waals surface area (Å²) < 4.78 is 2.02. The third kappa shape index (κ3) is 1.00. The zero-order valence-electron chi connectivity index (χ0n) is 7.39. The molecule has 0 fully saturated rings. The minimum atomic E-state index is 0.120. The molecule has 1 aliphatic rings. The highest BCUT2D eigenvalue weighted by molar-refractivity contribution is 5.19. The average Bonchev–Trinajstić information content (AvgIpc) is 2.40. The summed E-state index contributed by atoms with van der Waals surface area (Å²) in [5.74, 6) is 0. The first-order valence-corrected chi connectivity index (χ1v) is 4.63. The van der Waals surface area contributed by atoms with Crippen LogP contribution in [-0.4, -0.2) is 9.78 Å². The molecule has 1 N–H and O–H groups in total. The molecule has 3 heteroatoms. The van der Waals surface area contributed by atoms with E-state index >= 15 is 0 Å². The van der Waals surface area contributed by atoms with Crippen LogP contribution in [0.4, 0.5) is 0 Å².